The highest BCUT2D eigenvalue weighted by Crippen LogP contribution is 2.08. The van der Waals surface area contributed by atoms with Crippen molar-refractivity contribution in [2.75, 3.05) is 33.7 Å². The number of aryl methyl sites for hydroxylation is 1. The van der Waals surface area contributed by atoms with Crippen molar-refractivity contribution in [3.63, 3.8) is 0 Å². The van der Waals surface area contributed by atoms with Crippen LogP contribution < -0.4 is 10.6 Å². The number of unbranched alkanes of at least 4 members (excludes halogenated alkanes) is 4. The summed E-state index contributed by atoms with van der Waals surface area (Å²) in [5.41, 5.74) is 2.59. The van der Waals surface area contributed by atoms with Crippen molar-refractivity contribution in [1.82, 2.24) is 15.5 Å². The third-order valence-electron chi connectivity index (χ3n) is 4.09. The molecule has 24 heavy (non-hydrogen) atoms. The minimum Gasteiger partial charge on any atom is -0.357 e. The molecule has 0 radical (unpaired) electrons. The van der Waals surface area contributed by atoms with Crippen molar-refractivity contribution in [1.29, 1.82) is 0 Å². The molecule has 0 heterocycles. The molecule has 0 aromatic heterocycles. The Labute approximate surface area is 148 Å². The Hall–Kier alpha value is -1.55. The van der Waals surface area contributed by atoms with E-state index in [1.807, 2.05) is 0 Å². The molecule has 2 N–H and O–H groups in total. The van der Waals surface area contributed by atoms with Crippen LogP contribution in [-0.4, -0.2) is 44.6 Å². The average molecular weight is 333 g/mol. The molecule has 1 aromatic carbocycles. The van der Waals surface area contributed by atoms with Crippen LogP contribution in [0.3, 0.4) is 0 Å². The van der Waals surface area contributed by atoms with Gasteiger partial charge in [-0.25, -0.2) is 4.99 Å². The fourth-order valence-corrected chi connectivity index (χ4v) is 2.58. The van der Waals surface area contributed by atoms with E-state index in [1.165, 1.54) is 49.8 Å². The highest BCUT2D eigenvalue weighted by Gasteiger charge is 1.99. The summed E-state index contributed by atoms with van der Waals surface area (Å²) in [5.74, 6) is 0.924. The maximum Gasteiger partial charge on any atom is 0.191 e. The van der Waals surface area contributed by atoms with Gasteiger partial charge in [0.15, 0.2) is 5.96 Å². The van der Waals surface area contributed by atoms with E-state index in [2.05, 4.69) is 67.7 Å². The standard InChI is InChI=1S/C20H36N4/c1-5-21-20(23-17-19-14-10-9-13-18(19)2)22-15-11-7-6-8-12-16-24(3)4/h9-10,13-14H,5-8,11-12,15-17H2,1-4H3,(H2,21,22,23). The second-order valence-corrected chi connectivity index (χ2v) is 6.62. The molecule has 0 spiro atoms. The van der Waals surface area contributed by atoms with Gasteiger partial charge in [-0.05, 0) is 58.5 Å². The van der Waals surface area contributed by atoms with Crippen LogP contribution in [0.15, 0.2) is 29.3 Å². The molecule has 0 fully saturated rings. The quantitative estimate of drug-likeness (QED) is 0.370. The van der Waals surface area contributed by atoms with E-state index in [1.54, 1.807) is 0 Å². The number of hydrogen-bond acceptors (Lipinski definition) is 2. The van der Waals surface area contributed by atoms with Crippen LogP contribution in [0.2, 0.25) is 0 Å². The molecule has 136 valence electrons. The minimum absolute atomic E-state index is 0.729. The van der Waals surface area contributed by atoms with Crippen LogP contribution in [0.1, 0.15) is 50.2 Å². The largest absolute Gasteiger partial charge is 0.357 e. The van der Waals surface area contributed by atoms with Crippen molar-refractivity contribution in [3.05, 3.63) is 35.4 Å². The Balaban J connectivity index is 2.23. The zero-order valence-electron chi connectivity index (χ0n) is 16.1. The number of nitrogens with one attached hydrogen (secondary N) is 2. The predicted molar refractivity (Wildman–Crippen MR) is 106 cm³/mol. The summed E-state index contributed by atoms with van der Waals surface area (Å²) in [7, 11) is 4.28. The zero-order valence-corrected chi connectivity index (χ0v) is 16.1. The van der Waals surface area contributed by atoms with E-state index in [4.69, 9.17) is 4.99 Å². The van der Waals surface area contributed by atoms with Gasteiger partial charge in [-0.15, -0.1) is 0 Å². The third-order valence-corrected chi connectivity index (χ3v) is 4.09. The topological polar surface area (TPSA) is 39.7 Å². The molecule has 1 rings (SSSR count). The maximum atomic E-state index is 4.70. The highest BCUT2D eigenvalue weighted by molar-refractivity contribution is 5.79. The van der Waals surface area contributed by atoms with Gasteiger partial charge in [0.25, 0.3) is 0 Å². The highest BCUT2D eigenvalue weighted by atomic mass is 15.2. The fraction of sp³-hybridized carbons (Fsp3) is 0.650. The molecule has 0 saturated heterocycles. The van der Waals surface area contributed by atoms with Crippen LogP contribution in [0.4, 0.5) is 0 Å². The first-order valence-corrected chi connectivity index (χ1v) is 9.35. The number of benzene rings is 1. The average Bonchev–Trinajstić information content (AvgIpc) is 2.56. The fourth-order valence-electron chi connectivity index (χ4n) is 2.58. The molecule has 0 aliphatic carbocycles. The van der Waals surface area contributed by atoms with Crippen molar-refractivity contribution >= 4 is 5.96 Å². The number of nitrogens with zero attached hydrogens (tertiary/aromatic N) is 2. The molecular weight excluding hydrogens is 296 g/mol. The Morgan fingerprint density at radius 1 is 1.00 bits per heavy atom. The monoisotopic (exact) mass is 332 g/mol. The molecule has 0 unspecified atom stereocenters. The Kier molecular flexibility index (Phi) is 10.9. The molecule has 0 aliphatic heterocycles. The predicted octanol–water partition coefficient (Wildman–Crippen LogP) is 3.56. The first-order chi connectivity index (χ1) is 11.6. The lowest BCUT2D eigenvalue weighted by Crippen LogP contribution is -2.37. The summed E-state index contributed by atoms with van der Waals surface area (Å²) < 4.78 is 0. The normalized spacial score (nSPS) is 11.8. The zero-order chi connectivity index (χ0) is 17.6. The molecule has 4 heteroatoms. The summed E-state index contributed by atoms with van der Waals surface area (Å²) >= 11 is 0. The lowest BCUT2D eigenvalue weighted by atomic mass is 10.1. The van der Waals surface area contributed by atoms with Crippen LogP contribution in [0.25, 0.3) is 0 Å². The smallest absolute Gasteiger partial charge is 0.191 e. The molecule has 0 saturated carbocycles. The van der Waals surface area contributed by atoms with Gasteiger partial charge in [-0.1, -0.05) is 43.5 Å². The summed E-state index contributed by atoms with van der Waals surface area (Å²) in [5, 5.41) is 6.78. The molecule has 1 aromatic rings. The van der Waals surface area contributed by atoms with Crippen molar-refractivity contribution in [2.45, 2.75) is 52.5 Å². The van der Waals surface area contributed by atoms with Crippen molar-refractivity contribution in [2.24, 2.45) is 4.99 Å². The summed E-state index contributed by atoms with van der Waals surface area (Å²) in [6.07, 6.45) is 6.46. The van der Waals surface area contributed by atoms with Gasteiger partial charge >= 0.3 is 0 Å². The van der Waals surface area contributed by atoms with E-state index >= 15 is 0 Å². The Morgan fingerprint density at radius 2 is 1.71 bits per heavy atom. The first kappa shape index (κ1) is 20.5. The first-order valence-electron chi connectivity index (χ1n) is 9.35. The molecule has 0 aliphatic rings. The van der Waals surface area contributed by atoms with Gasteiger partial charge in [-0.2, -0.15) is 0 Å². The second kappa shape index (κ2) is 12.8. The SMILES string of the molecule is CCNC(=NCc1ccccc1C)NCCCCCCCN(C)C. The molecule has 0 amide bonds. The van der Waals surface area contributed by atoms with Crippen LogP contribution in [0, 0.1) is 6.92 Å². The summed E-state index contributed by atoms with van der Waals surface area (Å²) in [6.45, 7) is 8.07. The van der Waals surface area contributed by atoms with Gasteiger partial charge in [0, 0.05) is 13.1 Å². The van der Waals surface area contributed by atoms with Gasteiger partial charge in [0.2, 0.25) is 0 Å². The van der Waals surface area contributed by atoms with Crippen LogP contribution >= 0.6 is 0 Å². The number of aliphatic imine (C=N–C) groups is 1. The van der Waals surface area contributed by atoms with Gasteiger partial charge in [-0.3, -0.25) is 0 Å². The lowest BCUT2D eigenvalue weighted by molar-refractivity contribution is 0.389. The van der Waals surface area contributed by atoms with Gasteiger partial charge in [0.1, 0.15) is 0 Å². The summed E-state index contributed by atoms with van der Waals surface area (Å²) in [6, 6.07) is 8.44. The summed E-state index contributed by atoms with van der Waals surface area (Å²) in [4.78, 5) is 6.96. The van der Waals surface area contributed by atoms with Gasteiger partial charge < -0.3 is 15.5 Å². The second-order valence-electron chi connectivity index (χ2n) is 6.62. The van der Waals surface area contributed by atoms with E-state index < -0.39 is 0 Å². The Bertz CT molecular complexity index is 468. The van der Waals surface area contributed by atoms with Gasteiger partial charge in [0.05, 0.1) is 6.54 Å². The number of guanidine groups is 1. The molecule has 0 bridgehead atoms. The Morgan fingerprint density at radius 3 is 2.42 bits per heavy atom. The number of rotatable bonds is 11. The van der Waals surface area contributed by atoms with Crippen LogP contribution in [-0.2, 0) is 6.54 Å². The van der Waals surface area contributed by atoms with Crippen LogP contribution in [0.5, 0.6) is 0 Å². The third kappa shape index (κ3) is 9.56. The molecule has 4 nitrogen and oxygen atoms in total. The van der Waals surface area contributed by atoms with Crippen molar-refractivity contribution in [3.8, 4) is 0 Å². The maximum absolute atomic E-state index is 4.70. The number of hydrogen-bond donors (Lipinski definition) is 2. The van der Waals surface area contributed by atoms with E-state index in [0.29, 0.717) is 0 Å². The lowest BCUT2D eigenvalue weighted by Gasteiger charge is -2.12. The van der Waals surface area contributed by atoms with Crippen molar-refractivity contribution < 1.29 is 0 Å². The minimum atomic E-state index is 0.729. The van der Waals surface area contributed by atoms with E-state index in [0.717, 1.165) is 25.6 Å². The molecular formula is C20H36N4. The van der Waals surface area contributed by atoms with E-state index in [-0.39, 0.29) is 0 Å². The molecule has 0 atom stereocenters. The van der Waals surface area contributed by atoms with E-state index in [9.17, 15) is 0 Å².